The Labute approximate surface area is 110 Å². The molecular formula is C9H23Cl2N3O2. The lowest BCUT2D eigenvalue weighted by Gasteiger charge is -2.19. The number of nitrogens with one attached hydrogen (secondary N) is 2. The highest BCUT2D eigenvalue weighted by Gasteiger charge is 2.15. The molecule has 0 unspecified atom stereocenters. The maximum atomic E-state index is 11.1. The van der Waals surface area contributed by atoms with E-state index in [4.69, 9.17) is 10.5 Å². The molecule has 5 nitrogen and oxygen atoms in total. The van der Waals surface area contributed by atoms with Crippen molar-refractivity contribution in [3.8, 4) is 0 Å². The molecule has 0 spiro atoms. The Morgan fingerprint density at radius 2 is 1.75 bits per heavy atom. The highest BCUT2D eigenvalue weighted by Crippen LogP contribution is 2.05. The number of halogens is 2. The molecule has 7 heteroatoms. The van der Waals surface area contributed by atoms with E-state index in [-0.39, 0.29) is 30.9 Å². The van der Waals surface area contributed by atoms with Gasteiger partial charge in [0.25, 0.3) is 0 Å². The van der Waals surface area contributed by atoms with Crippen LogP contribution in [0.2, 0.25) is 0 Å². The maximum absolute atomic E-state index is 11.1. The van der Waals surface area contributed by atoms with Crippen LogP contribution in [0.25, 0.3) is 0 Å². The minimum atomic E-state index is -0.436. The van der Waals surface area contributed by atoms with Crippen LogP contribution in [-0.2, 0) is 4.74 Å². The fourth-order valence-electron chi connectivity index (χ4n) is 0.794. The number of alkyl carbamates (subject to hydrolysis) is 1. The summed E-state index contributed by atoms with van der Waals surface area (Å²) >= 11 is 0. The third kappa shape index (κ3) is 16.2. The minimum absolute atomic E-state index is 0. The second-order valence-corrected chi connectivity index (χ2v) is 3.97. The van der Waals surface area contributed by atoms with Crippen molar-refractivity contribution >= 4 is 30.9 Å². The van der Waals surface area contributed by atoms with Gasteiger partial charge in [-0.15, -0.1) is 24.8 Å². The molecule has 0 rings (SSSR count). The number of carbonyl (C=O) groups excluding carboxylic acids is 1. The summed E-state index contributed by atoms with van der Waals surface area (Å²) in [6, 6.07) is 0. The van der Waals surface area contributed by atoms with Crippen molar-refractivity contribution in [1.29, 1.82) is 0 Å². The van der Waals surface area contributed by atoms with E-state index in [9.17, 15) is 4.79 Å². The number of ether oxygens (including phenoxy) is 1. The molecule has 1 amide bonds. The number of amides is 1. The second-order valence-electron chi connectivity index (χ2n) is 3.97. The lowest BCUT2D eigenvalue weighted by atomic mass is 10.2. The van der Waals surface area contributed by atoms with Gasteiger partial charge in [0.05, 0.1) is 0 Å². The van der Waals surface area contributed by atoms with Crippen molar-refractivity contribution in [3.05, 3.63) is 0 Å². The van der Waals surface area contributed by atoms with Gasteiger partial charge < -0.3 is 21.1 Å². The van der Waals surface area contributed by atoms with Crippen LogP contribution >= 0.6 is 24.8 Å². The van der Waals surface area contributed by atoms with Gasteiger partial charge in [-0.2, -0.15) is 0 Å². The molecular weight excluding hydrogens is 253 g/mol. The summed E-state index contributed by atoms with van der Waals surface area (Å²) in [7, 11) is 0. The molecule has 0 heterocycles. The van der Waals surface area contributed by atoms with Gasteiger partial charge in [-0.1, -0.05) is 0 Å². The van der Waals surface area contributed by atoms with Crippen molar-refractivity contribution in [2.75, 3.05) is 26.2 Å². The molecule has 0 aliphatic heterocycles. The second kappa shape index (κ2) is 11.3. The predicted octanol–water partition coefficient (Wildman–Crippen LogP) is 0.903. The Morgan fingerprint density at radius 3 is 2.19 bits per heavy atom. The van der Waals surface area contributed by atoms with Crippen LogP contribution in [0.5, 0.6) is 0 Å². The van der Waals surface area contributed by atoms with E-state index in [2.05, 4.69) is 10.6 Å². The van der Waals surface area contributed by atoms with Gasteiger partial charge in [0.15, 0.2) is 0 Å². The van der Waals surface area contributed by atoms with Crippen LogP contribution in [0.1, 0.15) is 20.8 Å². The normalized spacial score (nSPS) is 9.75. The van der Waals surface area contributed by atoms with E-state index in [1.165, 1.54) is 0 Å². The number of hydrogen-bond acceptors (Lipinski definition) is 4. The monoisotopic (exact) mass is 275 g/mol. The van der Waals surface area contributed by atoms with Crippen molar-refractivity contribution in [2.24, 2.45) is 5.73 Å². The van der Waals surface area contributed by atoms with E-state index < -0.39 is 5.60 Å². The molecule has 0 fully saturated rings. The minimum Gasteiger partial charge on any atom is -0.444 e. The fraction of sp³-hybridized carbons (Fsp3) is 0.889. The number of carbonyl (C=O) groups is 1. The zero-order valence-electron chi connectivity index (χ0n) is 10.0. The summed E-state index contributed by atoms with van der Waals surface area (Å²) in [5.41, 5.74) is 4.84. The molecule has 0 aromatic rings. The zero-order valence-corrected chi connectivity index (χ0v) is 11.7. The molecule has 4 N–H and O–H groups in total. The van der Waals surface area contributed by atoms with Crippen LogP contribution < -0.4 is 16.4 Å². The summed E-state index contributed by atoms with van der Waals surface area (Å²) in [6.07, 6.45) is -0.382. The zero-order chi connectivity index (χ0) is 11.0. The molecule has 16 heavy (non-hydrogen) atoms. The average molecular weight is 276 g/mol. The third-order valence-electron chi connectivity index (χ3n) is 1.29. The van der Waals surface area contributed by atoms with Crippen LogP contribution in [-0.4, -0.2) is 37.9 Å². The molecule has 0 aliphatic rings. The van der Waals surface area contributed by atoms with Crippen molar-refractivity contribution in [1.82, 2.24) is 10.6 Å². The van der Waals surface area contributed by atoms with Gasteiger partial charge in [-0.05, 0) is 20.8 Å². The Bertz CT molecular complexity index is 175. The van der Waals surface area contributed by atoms with E-state index in [1.54, 1.807) is 0 Å². The van der Waals surface area contributed by atoms with E-state index in [0.717, 1.165) is 6.54 Å². The Balaban J connectivity index is -0.000000845. The molecule has 100 valence electrons. The Hall–Kier alpha value is -0.230. The van der Waals surface area contributed by atoms with E-state index >= 15 is 0 Å². The lowest BCUT2D eigenvalue weighted by Crippen LogP contribution is -2.37. The van der Waals surface area contributed by atoms with Crippen molar-refractivity contribution < 1.29 is 9.53 Å². The molecule has 0 atom stereocenters. The predicted molar refractivity (Wildman–Crippen MR) is 70.7 cm³/mol. The van der Waals surface area contributed by atoms with Crippen molar-refractivity contribution in [2.45, 2.75) is 26.4 Å². The van der Waals surface area contributed by atoms with Crippen LogP contribution in [0.15, 0.2) is 0 Å². The quantitative estimate of drug-likeness (QED) is 0.652. The molecule has 0 radical (unpaired) electrons. The van der Waals surface area contributed by atoms with Gasteiger partial charge in [0, 0.05) is 26.2 Å². The largest absolute Gasteiger partial charge is 0.444 e. The summed E-state index contributed by atoms with van der Waals surface area (Å²) in [4.78, 5) is 11.1. The standard InChI is InChI=1S/C9H21N3O2.2ClH/c1-9(2,3)14-8(13)12-7-6-11-5-4-10;;/h11H,4-7,10H2,1-3H3,(H,12,13);2*1H. The van der Waals surface area contributed by atoms with E-state index in [1.807, 2.05) is 20.8 Å². The number of hydrogen-bond donors (Lipinski definition) is 3. The molecule has 0 saturated carbocycles. The summed E-state index contributed by atoms with van der Waals surface area (Å²) in [5.74, 6) is 0. The van der Waals surface area contributed by atoms with Gasteiger partial charge in [0.2, 0.25) is 0 Å². The number of rotatable bonds is 5. The Kier molecular flexibility index (Phi) is 14.8. The van der Waals surface area contributed by atoms with Gasteiger partial charge in [0.1, 0.15) is 5.60 Å². The molecule has 0 aromatic carbocycles. The summed E-state index contributed by atoms with van der Waals surface area (Å²) < 4.78 is 5.04. The van der Waals surface area contributed by atoms with E-state index in [0.29, 0.717) is 19.6 Å². The average Bonchev–Trinajstić information content (AvgIpc) is 2.00. The Morgan fingerprint density at radius 1 is 1.19 bits per heavy atom. The molecule has 0 bridgehead atoms. The fourth-order valence-corrected chi connectivity index (χ4v) is 0.794. The van der Waals surface area contributed by atoms with Gasteiger partial charge in [-0.25, -0.2) is 4.79 Å². The highest BCUT2D eigenvalue weighted by molar-refractivity contribution is 5.85. The van der Waals surface area contributed by atoms with Crippen molar-refractivity contribution in [3.63, 3.8) is 0 Å². The van der Waals surface area contributed by atoms with Crippen LogP contribution in [0, 0.1) is 0 Å². The topological polar surface area (TPSA) is 76.4 Å². The van der Waals surface area contributed by atoms with Crippen LogP contribution in [0.4, 0.5) is 4.79 Å². The smallest absolute Gasteiger partial charge is 0.407 e. The summed E-state index contributed by atoms with van der Waals surface area (Å²) in [5, 5.41) is 5.69. The molecule has 0 saturated heterocycles. The first-order valence-corrected chi connectivity index (χ1v) is 4.83. The molecule has 0 aliphatic carbocycles. The van der Waals surface area contributed by atoms with Gasteiger partial charge >= 0.3 is 6.09 Å². The SMILES string of the molecule is CC(C)(C)OC(=O)NCCNCCN.Cl.Cl. The highest BCUT2D eigenvalue weighted by atomic mass is 35.5. The lowest BCUT2D eigenvalue weighted by molar-refractivity contribution is 0.0528. The number of nitrogens with two attached hydrogens (primary N) is 1. The third-order valence-corrected chi connectivity index (χ3v) is 1.29. The summed E-state index contributed by atoms with van der Waals surface area (Å²) in [6.45, 7) is 8.12. The van der Waals surface area contributed by atoms with Gasteiger partial charge in [-0.3, -0.25) is 0 Å². The molecule has 0 aromatic heterocycles. The first-order chi connectivity index (χ1) is 6.45. The van der Waals surface area contributed by atoms with Crippen LogP contribution in [0.3, 0.4) is 0 Å². The first kappa shape index (κ1) is 21.1. The maximum Gasteiger partial charge on any atom is 0.407 e. The first-order valence-electron chi connectivity index (χ1n) is 4.83.